The molecule has 0 fully saturated rings. The molecule has 4 nitrogen and oxygen atoms in total. The van der Waals surface area contributed by atoms with E-state index in [1.165, 1.54) is 18.2 Å². The standard InChI is InChI=1S/C12H11F3O4/c13-12(14,15)11(19-6-10(16)17)8-1-2-9-7(5-8)3-4-18-9/h1-2,5,11H,3-4,6H2,(H,16,17)/t11-/m0/s1. The van der Waals surface area contributed by atoms with Gasteiger partial charge in [-0.15, -0.1) is 0 Å². The summed E-state index contributed by atoms with van der Waals surface area (Å²) in [4.78, 5) is 10.3. The molecule has 1 heterocycles. The second kappa shape index (κ2) is 5.08. The van der Waals surface area contributed by atoms with Crippen LogP contribution in [0.1, 0.15) is 17.2 Å². The van der Waals surface area contributed by atoms with Crippen molar-refractivity contribution in [3.05, 3.63) is 29.3 Å². The number of carbonyl (C=O) groups is 1. The molecule has 7 heteroatoms. The molecule has 0 saturated heterocycles. The van der Waals surface area contributed by atoms with Crippen molar-refractivity contribution in [3.8, 4) is 5.75 Å². The third kappa shape index (κ3) is 3.17. The summed E-state index contributed by atoms with van der Waals surface area (Å²) < 4.78 is 48.2. The van der Waals surface area contributed by atoms with Crippen LogP contribution in [0.3, 0.4) is 0 Å². The van der Waals surface area contributed by atoms with Crippen LogP contribution in [-0.4, -0.2) is 30.5 Å². The Morgan fingerprint density at radius 3 is 2.84 bits per heavy atom. The van der Waals surface area contributed by atoms with Crippen molar-refractivity contribution in [2.45, 2.75) is 18.7 Å². The van der Waals surface area contributed by atoms with E-state index in [0.29, 0.717) is 24.3 Å². The lowest BCUT2D eigenvalue weighted by atomic mass is 10.0. The fourth-order valence-electron chi connectivity index (χ4n) is 1.90. The number of halogens is 3. The molecule has 0 saturated carbocycles. The first-order valence-electron chi connectivity index (χ1n) is 5.53. The average Bonchev–Trinajstić information content (AvgIpc) is 2.74. The fraction of sp³-hybridized carbons (Fsp3) is 0.417. The lowest BCUT2D eigenvalue weighted by Gasteiger charge is -2.20. The molecular formula is C12H11F3O4. The van der Waals surface area contributed by atoms with Crippen LogP contribution < -0.4 is 4.74 Å². The van der Waals surface area contributed by atoms with E-state index in [9.17, 15) is 18.0 Å². The van der Waals surface area contributed by atoms with Gasteiger partial charge in [-0.05, 0) is 23.3 Å². The lowest BCUT2D eigenvalue weighted by Crippen LogP contribution is -2.26. The van der Waals surface area contributed by atoms with Crippen LogP contribution in [-0.2, 0) is 16.0 Å². The Bertz CT molecular complexity index is 484. The van der Waals surface area contributed by atoms with E-state index in [0.717, 1.165) is 0 Å². The van der Waals surface area contributed by atoms with Gasteiger partial charge in [-0.3, -0.25) is 0 Å². The first-order valence-corrected chi connectivity index (χ1v) is 5.53. The van der Waals surface area contributed by atoms with Crippen LogP contribution in [0.15, 0.2) is 18.2 Å². The molecule has 2 rings (SSSR count). The molecule has 1 aromatic rings. The number of carboxylic acids is 1. The van der Waals surface area contributed by atoms with Gasteiger partial charge in [0, 0.05) is 6.42 Å². The Balaban J connectivity index is 2.25. The first-order chi connectivity index (χ1) is 8.88. The zero-order valence-corrected chi connectivity index (χ0v) is 9.74. The number of hydrogen-bond acceptors (Lipinski definition) is 3. The zero-order chi connectivity index (χ0) is 14.0. The summed E-state index contributed by atoms with van der Waals surface area (Å²) >= 11 is 0. The third-order valence-electron chi connectivity index (χ3n) is 2.69. The number of alkyl halides is 3. The van der Waals surface area contributed by atoms with Gasteiger partial charge in [-0.1, -0.05) is 6.07 Å². The molecular weight excluding hydrogens is 265 g/mol. The molecule has 0 aliphatic carbocycles. The Labute approximate surface area is 106 Å². The van der Waals surface area contributed by atoms with Gasteiger partial charge in [-0.2, -0.15) is 13.2 Å². The van der Waals surface area contributed by atoms with Crippen LogP contribution in [0.4, 0.5) is 13.2 Å². The van der Waals surface area contributed by atoms with Crippen molar-refractivity contribution in [2.24, 2.45) is 0 Å². The van der Waals surface area contributed by atoms with E-state index in [1.54, 1.807) is 0 Å². The summed E-state index contributed by atoms with van der Waals surface area (Å²) in [5.41, 5.74) is 0.559. The average molecular weight is 276 g/mol. The molecule has 1 N–H and O–H groups in total. The summed E-state index contributed by atoms with van der Waals surface area (Å²) in [6.07, 6.45) is -6.37. The molecule has 1 atom stereocenters. The normalized spacial score (nSPS) is 15.7. The van der Waals surface area contributed by atoms with Gasteiger partial charge in [0.05, 0.1) is 6.61 Å². The number of fused-ring (bicyclic) bond motifs is 1. The monoisotopic (exact) mass is 276 g/mol. The molecule has 1 aliphatic rings. The van der Waals surface area contributed by atoms with E-state index in [1.807, 2.05) is 0 Å². The third-order valence-corrected chi connectivity index (χ3v) is 2.69. The van der Waals surface area contributed by atoms with Crippen molar-refractivity contribution in [2.75, 3.05) is 13.2 Å². The maximum atomic E-state index is 12.9. The van der Waals surface area contributed by atoms with Gasteiger partial charge < -0.3 is 14.6 Å². The number of benzene rings is 1. The zero-order valence-electron chi connectivity index (χ0n) is 9.74. The number of hydrogen-bond donors (Lipinski definition) is 1. The first kappa shape index (κ1) is 13.7. The Hall–Kier alpha value is -1.76. The number of ether oxygens (including phenoxy) is 2. The number of rotatable bonds is 4. The molecule has 1 aromatic carbocycles. The summed E-state index contributed by atoms with van der Waals surface area (Å²) in [6.45, 7) is -0.566. The lowest BCUT2D eigenvalue weighted by molar-refractivity contribution is -0.225. The van der Waals surface area contributed by atoms with Crippen molar-refractivity contribution in [3.63, 3.8) is 0 Å². The largest absolute Gasteiger partial charge is 0.493 e. The molecule has 0 unspecified atom stereocenters. The molecule has 0 radical (unpaired) electrons. The van der Waals surface area contributed by atoms with E-state index in [4.69, 9.17) is 9.84 Å². The molecule has 0 aromatic heterocycles. The highest BCUT2D eigenvalue weighted by molar-refractivity contribution is 5.68. The van der Waals surface area contributed by atoms with E-state index in [2.05, 4.69) is 4.74 Å². The molecule has 19 heavy (non-hydrogen) atoms. The summed E-state index contributed by atoms with van der Waals surface area (Å²) in [5, 5.41) is 8.42. The molecule has 104 valence electrons. The summed E-state index contributed by atoms with van der Waals surface area (Å²) in [7, 11) is 0. The highest BCUT2D eigenvalue weighted by Crippen LogP contribution is 2.38. The number of aliphatic carboxylic acids is 1. The van der Waals surface area contributed by atoms with Gasteiger partial charge in [0.15, 0.2) is 6.10 Å². The van der Waals surface area contributed by atoms with Crippen molar-refractivity contribution < 1.29 is 32.5 Å². The van der Waals surface area contributed by atoms with Gasteiger partial charge in [0.1, 0.15) is 12.4 Å². The quantitative estimate of drug-likeness (QED) is 0.917. The summed E-state index contributed by atoms with van der Waals surface area (Å²) in [6, 6.07) is 4.03. The summed E-state index contributed by atoms with van der Waals surface area (Å²) in [5.74, 6) is -0.887. The minimum atomic E-state index is -4.66. The van der Waals surface area contributed by atoms with Crippen LogP contribution in [0.2, 0.25) is 0 Å². The number of carboxylic acid groups (broad SMARTS) is 1. The minimum absolute atomic E-state index is 0.113. The topological polar surface area (TPSA) is 55.8 Å². The van der Waals surface area contributed by atoms with Gasteiger partial charge in [0.25, 0.3) is 0 Å². The van der Waals surface area contributed by atoms with Crippen LogP contribution in [0.25, 0.3) is 0 Å². The van der Waals surface area contributed by atoms with E-state index >= 15 is 0 Å². The van der Waals surface area contributed by atoms with Gasteiger partial charge >= 0.3 is 12.1 Å². The molecule has 0 bridgehead atoms. The smallest absolute Gasteiger partial charge is 0.418 e. The van der Waals surface area contributed by atoms with Crippen LogP contribution in [0.5, 0.6) is 5.75 Å². The van der Waals surface area contributed by atoms with Crippen molar-refractivity contribution in [1.29, 1.82) is 0 Å². The minimum Gasteiger partial charge on any atom is -0.493 e. The van der Waals surface area contributed by atoms with Crippen LogP contribution in [0, 0.1) is 0 Å². The van der Waals surface area contributed by atoms with E-state index < -0.39 is 24.9 Å². The van der Waals surface area contributed by atoms with E-state index in [-0.39, 0.29) is 5.56 Å². The Morgan fingerprint density at radius 2 is 2.21 bits per heavy atom. The van der Waals surface area contributed by atoms with Crippen molar-refractivity contribution in [1.82, 2.24) is 0 Å². The van der Waals surface area contributed by atoms with Crippen LogP contribution >= 0.6 is 0 Å². The van der Waals surface area contributed by atoms with Gasteiger partial charge in [-0.25, -0.2) is 4.79 Å². The maximum Gasteiger partial charge on any atom is 0.418 e. The Kier molecular flexibility index (Phi) is 3.66. The highest BCUT2D eigenvalue weighted by atomic mass is 19.4. The molecule has 1 aliphatic heterocycles. The Morgan fingerprint density at radius 1 is 1.47 bits per heavy atom. The fourth-order valence-corrected chi connectivity index (χ4v) is 1.90. The second-order valence-electron chi connectivity index (χ2n) is 4.09. The van der Waals surface area contributed by atoms with Crippen molar-refractivity contribution >= 4 is 5.97 Å². The SMILES string of the molecule is O=C(O)CO[C@@H](c1ccc2c(c1)CCO2)C(F)(F)F. The van der Waals surface area contributed by atoms with Gasteiger partial charge in [0.2, 0.25) is 0 Å². The predicted molar refractivity (Wildman–Crippen MR) is 58.0 cm³/mol. The maximum absolute atomic E-state index is 12.9. The predicted octanol–water partition coefficient (Wildman–Crippen LogP) is 2.33. The molecule has 0 spiro atoms. The molecule has 0 amide bonds. The highest BCUT2D eigenvalue weighted by Gasteiger charge is 2.42. The second-order valence-corrected chi connectivity index (χ2v) is 4.09.